The summed E-state index contributed by atoms with van der Waals surface area (Å²) < 4.78 is 56.7. The molecule has 2 aliphatic heterocycles. The van der Waals surface area contributed by atoms with Crippen LogP contribution in [0.15, 0.2) is 66.7 Å². The Balaban J connectivity index is 1.20. The Kier molecular flexibility index (Phi) is 6.31. The van der Waals surface area contributed by atoms with Gasteiger partial charge in [-0.25, -0.2) is 4.79 Å². The zero-order valence-corrected chi connectivity index (χ0v) is 21.3. The average Bonchev–Trinajstić information content (AvgIpc) is 3.24. The first-order valence-corrected chi connectivity index (χ1v) is 12.9. The highest BCUT2D eigenvalue weighted by Crippen LogP contribution is 2.46. The number of amides is 1. The van der Waals surface area contributed by atoms with Crippen molar-refractivity contribution in [3.63, 3.8) is 0 Å². The molecule has 2 unspecified atom stereocenters. The largest absolute Gasteiger partial charge is 0.496 e. The van der Waals surface area contributed by atoms with Gasteiger partial charge in [0.25, 0.3) is 0 Å². The van der Waals surface area contributed by atoms with Gasteiger partial charge in [0.2, 0.25) is 0 Å². The molecule has 2 heterocycles. The Morgan fingerprint density at radius 3 is 2.15 bits per heavy atom. The fourth-order valence-corrected chi connectivity index (χ4v) is 6.39. The molecule has 3 aliphatic rings. The lowest BCUT2D eigenvalue weighted by molar-refractivity contribution is -0.140. The van der Waals surface area contributed by atoms with E-state index in [0.29, 0.717) is 5.56 Å². The van der Waals surface area contributed by atoms with Crippen LogP contribution in [0.1, 0.15) is 41.0 Å². The summed E-state index contributed by atoms with van der Waals surface area (Å²) in [6.07, 6.45) is -4.86. The van der Waals surface area contributed by atoms with Crippen molar-refractivity contribution < 1.29 is 37.3 Å². The average molecular weight is 540 g/mol. The molecule has 0 spiro atoms. The number of hydrogen-bond donors (Lipinski definition) is 1. The molecule has 9 heteroatoms. The zero-order chi connectivity index (χ0) is 27.4. The summed E-state index contributed by atoms with van der Waals surface area (Å²) in [5.74, 6) is -0.437. The Bertz CT molecular complexity index is 1350. The van der Waals surface area contributed by atoms with Crippen LogP contribution >= 0.6 is 0 Å². The Morgan fingerprint density at radius 2 is 1.59 bits per heavy atom. The summed E-state index contributed by atoms with van der Waals surface area (Å²) in [6, 6.07) is 18.6. The molecule has 2 atom stereocenters. The predicted octanol–water partition coefficient (Wildman–Crippen LogP) is 5.71. The molecular formula is C30H28F3NO5. The predicted molar refractivity (Wildman–Crippen MR) is 136 cm³/mol. The number of methoxy groups -OCH3 is 1. The molecule has 1 amide bonds. The molecule has 2 saturated heterocycles. The summed E-state index contributed by atoms with van der Waals surface area (Å²) in [5.41, 5.74) is 2.45. The molecule has 3 aromatic rings. The van der Waals surface area contributed by atoms with E-state index in [1.165, 1.54) is 19.2 Å². The molecule has 204 valence electrons. The van der Waals surface area contributed by atoms with Gasteiger partial charge in [-0.1, -0.05) is 54.6 Å². The highest BCUT2D eigenvalue weighted by atomic mass is 19.4. The van der Waals surface area contributed by atoms with Crippen molar-refractivity contribution in [2.75, 3.05) is 26.9 Å². The number of fused-ring (bicyclic) bond motifs is 5. The van der Waals surface area contributed by atoms with E-state index in [2.05, 4.69) is 24.3 Å². The summed E-state index contributed by atoms with van der Waals surface area (Å²) >= 11 is 0. The Morgan fingerprint density at radius 1 is 1.00 bits per heavy atom. The molecule has 6 rings (SSSR count). The van der Waals surface area contributed by atoms with Gasteiger partial charge in [0, 0.05) is 18.8 Å². The van der Waals surface area contributed by atoms with Crippen molar-refractivity contribution in [3.8, 4) is 16.9 Å². The maximum Gasteiger partial charge on any atom is 0.419 e. The van der Waals surface area contributed by atoms with E-state index in [4.69, 9.17) is 14.2 Å². The Hall–Kier alpha value is -3.56. The van der Waals surface area contributed by atoms with E-state index < -0.39 is 35.5 Å². The van der Waals surface area contributed by atoms with Crippen LogP contribution < -0.4 is 4.74 Å². The van der Waals surface area contributed by atoms with Crippen LogP contribution in [0.2, 0.25) is 0 Å². The van der Waals surface area contributed by atoms with E-state index in [0.717, 1.165) is 28.3 Å². The van der Waals surface area contributed by atoms with Gasteiger partial charge in [-0.05, 0) is 39.9 Å². The van der Waals surface area contributed by atoms with Crippen LogP contribution in [0.3, 0.4) is 0 Å². The summed E-state index contributed by atoms with van der Waals surface area (Å²) in [6.45, 7) is 0.561. The highest BCUT2D eigenvalue weighted by molar-refractivity contribution is 5.79. The molecule has 0 radical (unpaired) electrons. The smallest absolute Gasteiger partial charge is 0.419 e. The van der Waals surface area contributed by atoms with Crippen molar-refractivity contribution in [1.29, 1.82) is 0 Å². The number of carbonyl (C=O) groups excluding carboxylic acids is 1. The number of halogens is 3. The maximum atomic E-state index is 13.4. The number of carbonyl (C=O) groups is 1. The number of piperidine rings is 1. The molecule has 6 nitrogen and oxygen atoms in total. The van der Waals surface area contributed by atoms with E-state index >= 15 is 0 Å². The van der Waals surface area contributed by atoms with Crippen LogP contribution in [0.5, 0.6) is 5.75 Å². The lowest BCUT2D eigenvalue weighted by Gasteiger charge is -2.51. The normalized spacial score (nSPS) is 24.2. The molecular weight excluding hydrogens is 511 g/mol. The minimum atomic E-state index is -4.58. The van der Waals surface area contributed by atoms with Gasteiger partial charge in [0.1, 0.15) is 12.4 Å². The van der Waals surface area contributed by atoms with Gasteiger partial charge in [-0.15, -0.1) is 0 Å². The monoisotopic (exact) mass is 539 g/mol. The second-order valence-electron chi connectivity index (χ2n) is 10.4. The standard InChI is InChI=1S/C30H28F3NO5/c1-37-27-12-18(10-11-26(27)30(31,32)33)29(36)13-19-15-38-16-20(14-29)34(19)28(35)39-17-25-23-8-4-2-6-21(23)22-7-3-5-9-24(22)25/h2-12,19-20,25,36H,13-17H2,1H3. The first-order chi connectivity index (χ1) is 18.7. The van der Waals surface area contributed by atoms with Crippen molar-refractivity contribution in [3.05, 3.63) is 89.0 Å². The number of benzene rings is 3. The second kappa shape index (κ2) is 9.57. The van der Waals surface area contributed by atoms with E-state index in [9.17, 15) is 23.1 Å². The number of morpholine rings is 1. The van der Waals surface area contributed by atoms with Crippen molar-refractivity contribution in [1.82, 2.24) is 4.90 Å². The van der Waals surface area contributed by atoms with Crippen molar-refractivity contribution in [2.45, 2.75) is 42.6 Å². The van der Waals surface area contributed by atoms with Crippen molar-refractivity contribution >= 4 is 6.09 Å². The van der Waals surface area contributed by atoms with Crippen LogP contribution in [-0.2, 0) is 21.3 Å². The van der Waals surface area contributed by atoms with E-state index in [-0.39, 0.29) is 44.3 Å². The van der Waals surface area contributed by atoms with Gasteiger partial charge in [-0.3, -0.25) is 4.90 Å². The van der Waals surface area contributed by atoms with Crippen LogP contribution in [-0.4, -0.2) is 55.1 Å². The molecule has 2 bridgehead atoms. The minimum Gasteiger partial charge on any atom is -0.496 e. The third kappa shape index (κ3) is 4.43. The summed E-state index contributed by atoms with van der Waals surface area (Å²) in [5, 5.41) is 11.6. The molecule has 1 aliphatic carbocycles. The topological polar surface area (TPSA) is 68.2 Å². The molecule has 1 N–H and O–H groups in total. The quantitative estimate of drug-likeness (QED) is 0.460. The molecule has 39 heavy (non-hydrogen) atoms. The second-order valence-corrected chi connectivity index (χ2v) is 10.4. The number of aliphatic hydroxyl groups is 1. The molecule has 0 saturated carbocycles. The van der Waals surface area contributed by atoms with E-state index in [1.54, 1.807) is 4.90 Å². The van der Waals surface area contributed by atoms with Crippen LogP contribution in [0.4, 0.5) is 18.0 Å². The van der Waals surface area contributed by atoms with Gasteiger partial charge in [0.05, 0.1) is 43.6 Å². The van der Waals surface area contributed by atoms with Gasteiger partial charge in [-0.2, -0.15) is 13.2 Å². The third-order valence-electron chi connectivity index (χ3n) is 8.15. The van der Waals surface area contributed by atoms with E-state index in [1.807, 2.05) is 24.3 Å². The third-order valence-corrected chi connectivity index (χ3v) is 8.15. The summed E-state index contributed by atoms with van der Waals surface area (Å²) in [7, 11) is 1.17. The van der Waals surface area contributed by atoms with Crippen molar-refractivity contribution in [2.24, 2.45) is 0 Å². The Labute approximate surface area is 223 Å². The van der Waals surface area contributed by atoms with Crippen LogP contribution in [0, 0.1) is 0 Å². The fraction of sp³-hybridized carbons (Fsp3) is 0.367. The number of rotatable bonds is 4. The number of hydrogen-bond acceptors (Lipinski definition) is 5. The van der Waals surface area contributed by atoms with Gasteiger partial charge < -0.3 is 19.3 Å². The molecule has 2 fully saturated rings. The van der Waals surface area contributed by atoms with Gasteiger partial charge >= 0.3 is 12.3 Å². The SMILES string of the molecule is COc1cc(C2(O)CC3COCC(C2)N3C(=O)OCC2c3ccccc3-c3ccccc32)ccc1C(F)(F)F. The van der Waals surface area contributed by atoms with Gasteiger partial charge in [0.15, 0.2) is 0 Å². The molecule has 0 aromatic heterocycles. The summed E-state index contributed by atoms with van der Waals surface area (Å²) in [4.78, 5) is 15.0. The maximum absolute atomic E-state index is 13.4. The lowest BCUT2D eigenvalue weighted by atomic mass is 9.76. The minimum absolute atomic E-state index is 0.0845. The highest BCUT2D eigenvalue weighted by Gasteiger charge is 2.50. The lowest BCUT2D eigenvalue weighted by Crippen LogP contribution is -2.62. The number of nitrogens with zero attached hydrogens (tertiary/aromatic N) is 1. The number of ether oxygens (including phenoxy) is 3. The first kappa shape index (κ1) is 25.7. The zero-order valence-electron chi connectivity index (χ0n) is 21.3. The number of alkyl halides is 3. The van der Waals surface area contributed by atoms with Crippen LogP contribution in [0.25, 0.3) is 11.1 Å². The first-order valence-electron chi connectivity index (χ1n) is 12.9. The molecule has 3 aromatic carbocycles. The fourth-order valence-electron chi connectivity index (χ4n) is 6.39.